The molecular weight excluding hydrogens is 284 g/mol. The van der Waals surface area contributed by atoms with Gasteiger partial charge in [0.2, 0.25) is 10.0 Å². The molecule has 7 heteroatoms. The fourth-order valence-corrected chi connectivity index (χ4v) is 3.31. The highest BCUT2D eigenvalue weighted by Crippen LogP contribution is 2.15. The molecule has 1 aliphatic rings. The van der Waals surface area contributed by atoms with Crippen molar-refractivity contribution in [3.05, 3.63) is 29.8 Å². The average molecular weight is 300 g/mol. The van der Waals surface area contributed by atoms with E-state index in [9.17, 15) is 13.2 Å². The third kappa shape index (κ3) is 4.14. The number of hydrogen-bond donors (Lipinski definition) is 1. The SMILES string of the molecule is CS(=O)(=O)Nc1ccc(C(=O)N2CCSCC2)cc1. The van der Waals surface area contributed by atoms with Gasteiger partial charge in [-0.25, -0.2) is 8.42 Å². The summed E-state index contributed by atoms with van der Waals surface area (Å²) in [6.07, 6.45) is 1.09. The molecule has 19 heavy (non-hydrogen) atoms. The summed E-state index contributed by atoms with van der Waals surface area (Å²) < 4.78 is 24.5. The van der Waals surface area contributed by atoms with E-state index in [0.29, 0.717) is 11.3 Å². The number of carbonyl (C=O) groups excluding carboxylic acids is 1. The zero-order valence-electron chi connectivity index (χ0n) is 10.6. The van der Waals surface area contributed by atoms with E-state index in [2.05, 4.69) is 4.72 Å². The van der Waals surface area contributed by atoms with Crippen LogP contribution in [0.25, 0.3) is 0 Å². The Morgan fingerprint density at radius 2 is 1.79 bits per heavy atom. The zero-order valence-corrected chi connectivity index (χ0v) is 12.3. The molecule has 0 aromatic heterocycles. The van der Waals surface area contributed by atoms with Crippen molar-refractivity contribution in [1.29, 1.82) is 0 Å². The van der Waals surface area contributed by atoms with Crippen molar-refractivity contribution in [2.24, 2.45) is 0 Å². The highest BCUT2D eigenvalue weighted by molar-refractivity contribution is 7.99. The molecule has 1 N–H and O–H groups in total. The number of sulfonamides is 1. The second-order valence-electron chi connectivity index (χ2n) is 4.36. The molecule has 1 heterocycles. The predicted octanol–water partition coefficient (Wildman–Crippen LogP) is 1.25. The van der Waals surface area contributed by atoms with E-state index in [1.165, 1.54) is 0 Å². The van der Waals surface area contributed by atoms with Gasteiger partial charge in [0.25, 0.3) is 5.91 Å². The van der Waals surface area contributed by atoms with E-state index >= 15 is 0 Å². The van der Waals surface area contributed by atoms with E-state index in [0.717, 1.165) is 30.9 Å². The Labute approximate surface area is 117 Å². The lowest BCUT2D eigenvalue weighted by molar-refractivity contribution is 0.0772. The highest BCUT2D eigenvalue weighted by Gasteiger charge is 2.18. The maximum atomic E-state index is 12.2. The predicted molar refractivity (Wildman–Crippen MR) is 78.1 cm³/mol. The smallest absolute Gasteiger partial charge is 0.253 e. The van der Waals surface area contributed by atoms with Gasteiger partial charge in [0.1, 0.15) is 0 Å². The van der Waals surface area contributed by atoms with Gasteiger partial charge in [-0.1, -0.05) is 0 Å². The molecule has 1 fully saturated rings. The Morgan fingerprint density at radius 1 is 1.21 bits per heavy atom. The molecule has 5 nitrogen and oxygen atoms in total. The van der Waals surface area contributed by atoms with Gasteiger partial charge in [0, 0.05) is 35.8 Å². The van der Waals surface area contributed by atoms with Gasteiger partial charge in [-0.3, -0.25) is 9.52 Å². The number of anilines is 1. The summed E-state index contributed by atoms with van der Waals surface area (Å²) in [5.74, 6) is 1.95. The molecule has 0 bridgehead atoms. The van der Waals surface area contributed by atoms with Gasteiger partial charge >= 0.3 is 0 Å². The van der Waals surface area contributed by atoms with Crippen LogP contribution in [0.2, 0.25) is 0 Å². The molecule has 0 atom stereocenters. The molecule has 0 radical (unpaired) electrons. The summed E-state index contributed by atoms with van der Waals surface area (Å²) in [4.78, 5) is 14.0. The molecule has 1 aliphatic heterocycles. The minimum absolute atomic E-state index is 0.00575. The van der Waals surface area contributed by atoms with E-state index in [1.54, 1.807) is 24.3 Å². The first-order valence-corrected chi connectivity index (χ1v) is 8.95. The number of carbonyl (C=O) groups is 1. The maximum absolute atomic E-state index is 12.2. The molecule has 1 amide bonds. The minimum atomic E-state index is -3.28. The summed E-state index contributed by atoms with van der Waals surface area (Å²) in [5.41, 5.74) is 1.05. The van der Waals surface area contributed by atoms with Gasteiger partial charge in [-0.2, -0.15) is 11.8 Å². The fraction of sp³-hybridized carbons (Fsp3) is 0.417. The van der Waals surface area contributed by atoms with Crippen molar-refractivity contribution in [2.45, 2.75) is 0 Å². The van der Waals surface area contributed by atoms with Crippen molar-refractivity contribution >= 4 is 33.4 Å². The van der Waals surface area contributed by atoms with Crippen molar-refractivity contribution in [2.75, 3.05) is 35.6 Å². The van der Waals surface area contributed by atoms with Gasteiger partial charge in [0.15, 0.2) is 0 Å². The Hall–Kier alpha value is -1.21. The number of nitrogens with zero attached hydrogens (tertiary/aromatic N) is 1. The second-order valence-corrected chi connectivity index (χ2v) is 7.33. The van der Waals surface area contributed by atoms with Crippen molar-refractivity contribution in [1.82, 2.24) is 4.90 Å². The molecule has 1 saturated heterocycles. The lowest BCUT2D eigenvalue weighted by atomic mass is 10.2. The molecular formula is C12H16N2O3S2. The largest absolute Gasteiger partial charge is 0.337 e. The van der Waals surface area contributed by atoms with Crippen molar-refractivity contribution in [3.8, 4) is 0 Å². The molecule has 0 spiro atoms. The third-order valence-corrected chi connectivity index (χ3v) is 4.28. The number of nitrogens with one attached hydrogen (secondary N) is 1. The number of rotatable bonds is 3. The monoisotopic (exact) mass is 300 g/mol. The molecule has 0 aliphatic carbocycles. The van der Waals surface area contributed by atoms with Crippen LogP contribution in [0.3, 0.4) is 0 Å². The van der Waals surface area contributed by atoms with Crippen LogP contribution in [-0.2, 0) is 10.0 Å². The number of hydrogen-bond acceptors (Lipinski definition) is 4. The molecule has 1 aromatic rings. The normalized spacial score (nSPS) is 16.2. The Bertz CT molecular complexity index is 549. The van der Waals surface area contributed by atoms with Gasteiger partial charge < -0.3 is 4.90 Å². The molecule has 0 saturated carbocycles. The maximum Gasteiger partial charge on any atom is 0.253 e. The lowest BCUT2D eigenvalue weighted by Crippen LogP contribution is -2.37. The summed E-state index contributed by atoms with van der Waals surface area (Å²) >= 11 is 1.85. The summed E-state index contributed by atoms with van der Waals surface area (Å²) in [7, 11) is -3.28. The number of benzene rings is 1. The first-order valence-electron chi connectivity index (χ1n) is 5.90. The summed E-state index contributed by atoms with van der Waals surface area (Å²) in [6, 6.07) is 6.51. The van der Waals surface area contributed by atoms with Gasteiger partial charge in [0.05, 0.1) is 6.26 Å². The van der Waals surface area contributed by atoms with Crippen LogP contribution in [0.4, 0.5) is 5.69 Å². The average Bonchev–Trinajstić information content (AvgIpc) is 2.38. The standard InChI is InChI=1S/C12H16N2O3S2/c1-19(16,17)13-11-4-2-10(3-5-11)12(15)14-6-8-18-9-7-14/h2-5,13H,6-9H2,1H3. The van der Waals surface area contributed by atoms with Crippen molar-refractivity contribution in [3.63, 3.8) is 0 Å². The third-order valence-electron chi connectivity index (χ3n) is 2.73. The van der Waals surface area contributed by atoms with Crippen molar-refractivity contribution < 1.29 is 13.2 Å². The van der Waals surface area contributed by atoms with Crippen LogP contribution in [0, 0.1) is 0 Å². The fourth-order valence-electron chi connectivity index (χ4n) is 1.84. The molecule has 2 rings (SSSR count). The van der Waals surface area contributed by atoms with Crippen LogP contribution < -0.4 is 4.72 Å². The quantitative estimate of drug-likeness (QED) is 0.912. The summed E-state index contributed by atoms with van der Waals surface area (Å²) in [6.45, 7) is 1.54. The topological polar surface area (TPSA) is 66.5 Å². The Morgan fingerprint density at radius 3 is 2.32 bits per heavy atom. The van der Waals surface area contributed by atoms with Crippen LogP contribution in [0.5, 0.6) is 0 Å². The van der Waals surface area contributed by atoms with E-state index in [1.807, 2.05) is 16.7 Å². The van der Waals surface area contributed by atoms with Gasteiger partial charge in [-0.05, 0) is 24.3 Å². The van der Waals surface area contributed by atoms with Crippen LogP contribution in [-0.4, -0.2) is 50.1 Å². The first kappa shape index (κ1) is 14.2. The zero-order chi connectivity index (χ0) is 13.9. The van der Waals surface area contributed by atoms with Crippen LogP contribution in [0.1, 0.15) is 10.4 Å². The van der Waals surface area contributed by atoms with Gasteiger partial charge in [-0.15, -0.1) is 0 Å². The number of thioether (sulfide) groups is 1. The second kappa shape index (κ2) is 5.83. The first-order chi connectivity index (χ1) is 8.96. The van der Waals surface area contributed by atoms with Crippen LogP contribution >= 0.6 is 11.8 Å². The minimum Gasteiger partial charge on any atom is -0.337 e. The molecule has 1 aromatic carbocycles. The van der Waals surface area contributed by atoms with E-state index < -0.39 is 10.0 Å². The number of amides is 1. The molecule has 0 unspecified atom stereocenters. The van der Waals surface area contributed by atoms with Crippen LogP contribution in [0.15, 0.2) is 24.3 Å². The Kier molecular flexibility index (Phi) is 4.36. The lowest BCUT2D eigenvalue weighted by Gasteiger charge is -2.26. The summed E-state index contributed by atoms with van der Waals surface area (Å²) in [5, 5.41) is 0. The Balaban J connectivity index is 2.07. The molecule has 104 valence electrons. The van der Waals surface area contributed by atoms with E-state index in [4.69, 9.17) is 0 Å². The van der Waals surface area contributed by atoms with E-state index in [-0.39, 0.29) is 5.91 Å². The highest BCUT2D eigenvalue weighted by atomic mass is 32.2.